The number of hydrogen-bond acceptors (Lipinski definition) is 4. The van der Waals surface area contributed by atoms with E-state index in [4.69, 9.17) is 4.74 Å². The molecular formula is C16H27N3O. The Kier molecular flexibility index (Phi) is 5.80. The zero-order chi connectivity index (χ0) is 14.4. The molecule has 4 nitrogen and oxygen atoms in total. The van der Waals surface area contributed by atoms with Crippen LogP contribution in [0.1, 0.15) is 37.4 Å². The van der Waals surface area contributed by atoms with Crippen molar-refractivity contribution in [1.82, 2.24) is 15.2 Å². The van der Waals surface area contributed by atoms with E-state index >= 15 is 0 Å². The lowest BCUT2D eigenvalue weighted by atomic mass is 10.1. The van der Waals surface area contributed by atoms with Gasteiger partial charge in [0.05, 0.1) is 0 Å². The molecule has 1 aliphatic rings. The van der Waals surface area contributed by atoms with Gasteiger partial charge in [-0.1, -0.05) is 6.92 Å². The second-order valence-corrected chi connectivity index (χ2v) is 5.73. The van der Waals surface area contributed by atoms with Crippen LogP contribution in [-0.2, 0) is 6.54 Å². The van der Waals surface area contributed by atoms with Crippen molar-refractivity contribution in [3.8, 4) is 5.75 Å². The molecule has 0 bridgehead atoms. The zero-order valence-corrected chi connectivity index (χ0v) is 13.0. The maximum absolute atomic E-state index is 6.24. The SMILES string of the molecule is CCCNCc1cnc(C)cc1OC1CCN(C)CC1. The molecule has 1 N–H and O–H groups in total. The maximum Gasteiger partial charge on any atom is 0.127 e. The van der Waals surface area contributed by atoms with Gasteiger partial charge in [-0.3, -0.25) is 4.98 Å². The first-order chi connectivity index (χ1) is 9.69. The smallest absolute Gasteiger partial charge is 0.127 e. The third kappa shape index (κ3) is 4.46. The van der Waals surface area contributed by atoms with E-state index in [1.54, 1.807) is 0 Å². The van der Waals surface area contributed by atoms with Gasteiger partial charge in [-0.05, 0) is 39.8 Å². The number of rotatable bonds is 6. The minimum absolute atomic E-state index is 0.345. The molecule has 1 aliphatic heterocycles. The van der Waals surface area contributed by atoms with Crippen LogP contribution in [0.5, 0.6) is 5.75 Å². The summed E-state index contributed by atoms with van der Waals surface area (Å²) in [4.78, 5) is 6.76. The Morgan fingerprint density at radius 3 is 2.85 bits per heavy atom. The Hall–Kier alpha value is -1.13. The van der Waals surface area contributed by atoms with E-state index in [9.17, 15) is 0 Å². The van der Waals surface area contributed by atoms with Gasteiger partial charge in [0.15, 0.2) is 0 Å². The van der Waals surface area contributed by atoms with E-state index in [0.717, 1.165) is 56.9 Å². The minimum Gasteiger partial charge on any atom is -0.490 e. The van der Waals surface area contributed by atoms with E-state index in [-0.39, 0.29) is 0 Å². The molecule has 4 heteroatoms. The van der Waals surface area contributed by atoms with Crippen molar-refractivity contribution in [2.75, 3.05) is 26.7 Å². The van der Waals surface area contributed by atoms with Gasteiger partial charge in [-0.15, -0.1) is 0 Å². The Morgan fingerprint density at radius 2 is 2.15 bits per heavy atom. The summed E-state index contributed by atoms with van der Waals surface area (Å²) in [7, 11) is 2.17. The summed E-state index contributed by atoms with van der Waals surface area (Å²) in [6.45, 7) is 8.31. The van der Waals surface area contributed by atoms with E-state index in [1.165, 1.54) is 5.56 Å². The summed E-state index contributed by atoms with van der Waals surface area (Å²) in [5, 5.41) is 3.43. The molecule has 2 rings (SSSR count). The molecule has 1 aromatic heterocycles. The molecule has 0 spiro atoms. The number of aromatic nitrogens is 1. The van der Waals surface area contributed by atoms with Gasteiger partial charge < -0.3 is 15.0 Å². The first-order valence-corrected chi connectivity index (χ1v) is 7.70. The number of ether oxygens (including phenoxy) is 1. The van der Waals surface area contributed by atoms with Crippen LogP contribution in [0.2, 0.25) is 0 Å². The lowest BCUT2D eigenvalue weighted by Gasteiger charge is -2.30. The van der Waals surface area contributed by atoms with Gasteiger partial charge >= 0.3 is 0 Å². The Labute approximate surface area is 122 Å². The molecule has 20 heavy (non-hydrogen) atoms. The molecule has 112 valence electrons. The molecule has 1 fully saturated rings. The summed E-state index contributed by atoms with van der Waals surface area (Å²) >= 11 is 0. The molecular weight excluding hydrogens is 250 g/mol. The second kappa shape index (κ2) is 7.60. The van der Waals surface area contributed by atoms with Crippen molar-refractivity contribution in [3.05, 3.63) is 23.5 Å². The van der Waals surface area contributed by atoms with Gasteiger partial charge in [0, 0.05) is 43.2 Å². The maximum atomic E-state index is 6.24. The van der Waals surface area contributed by atoms with Crippen molar-refractivity contribution >= 4 is 0 Å². The molecule has 0 amide bonds. The van der Waals surface area contributed by atoms with Crippen molar-refractivity contribution in [1.29, 1.82) is 0 Å². The van der Waals surface area contributed by atoms with E-state index in [1.807, 2.05) is 13.1 Å². The van der Waals surface area contributed by atoms with Crippen LogP contribution in [0, 0.1) is 6.92 Å². The summed E-state index contributed by atoms with van der Waals surface area (Å²) in [5.74, 6) is 1.01. The van der Waals surface area contributed by atoms with Crippen LogP contribution in [0.15, 0.2) is 12.3 Å². The van der Waals surface area contributed by atoms with Crippen LogP contribution in [0.3, 0.4) is 0 Å². The molecule has 0 unspecified atom stereocenters. The largest absolute Gasteiger partial charge is 0.490 e. The van der Waals surface area contributed by atoms with E-state index in [2.05, 4.69) is 35.2 Å². The normalized spacial score (nSPS) is 17.4. The topological polar surface area (TPSA) is 37.4 Å². The van der Waals surface area contributed by atoms with E-state index in [0.29, 0.717) is 6.10 Å². The predicted molar refractivity (Wildman–Crippen MR) is 82.1 cm³/mol. The molecule has 0 radical (unpaired) electrons. The van der Waals surface area contributed by atoms with Crippen molar-refractivity contribution in [2.24, 2.45) is 0 Å². The first-order valence-electron chi connectivity index (χ1n) is 7.70. The molecule has 1 aromatic rings. The predicted octanol–water partition coefficient (Wildman–Crippen LogP) is 2.36. The van der Waals surface area contributed by atoms with Crippen LogP contribution in [-0.4, -0.2) is 42.7 Å². The van der Waals surface area contributed by atoms with Crippen LogP contribution in [0.4, 0.5) is 0 Å². The first kappa shape index (κ1) is 15.3. The highest BCUT2D eigenvalue weighted by molar-refractivity contribution is 5.33. The summed E-state index contributed by atoms with van der Waals surface area (Å²) in [5.41, 5.74) is 2.19. The number of hydrogen-bond donors (Lipinski definition) is 1. The highest BCUT2D eigenvalue weighted by Gasteiger charge is 2.19. The van der Waals surface area contributed by atoms with Crippen LogP contribution < -0.4 is 10.1 Å². The molecule has 2 heterocycles. The quantitative estimate of drug-likeness (QED) is 0.810. The molecule has 0 aliphatic carbocycles. The zero-order valence-electron chi connectivity index (χ0n) is 13.0. The fourth-order valence-corrected chi connectivity index (χ4v) is 2.49. The average Bonchev–Trinajstić information content (AvgIpc) is 2.44. The summed E-state index contributed by atoms with van der Waals surface area (Å²) in [6.07, 6.45) is 5.66. The van der Waals surface area contributed by atoms with Crippen LogP contribution in [0.25, 0.3) is 0 Å². The summed E-state index contributed by atoms with van der Waals surface area (Å²) < 4.78 is 6.24. The van der Waals surface area contributed by atoms with Gasteiger partial charge in [0.1, 0.15) is 11.9 Å². The highest BCUT2D eigenvalue weighted by Crippen LogP contribution is 2.23. The van der Waals surface area contributed by atoms with Gasteiger partial charge in [-0.2, -0.15) is 0 Å². The number of likely N-dealkylation sites (tertiary alicyclic amines) is 1. The standard InChI is InChI=1S/C16H27N3O/c1-4-7-17-11-14-12-18-13(2)10-16(14)20-15-5-8-19(3)9-6-15/h10,12,15,17H,4-9,11H2,1-3H3. The van der Waals surface area contributed by atoms with Crippen molar-refractivity contribution in [3.63, 3.8) is 0 Å². The molecule has 0 atom stereocenters. The van der Waals surface area contributed by atoms with Crippen molar-refractivity contribution in [2.45, 2.75) is 45.8 Å². The monoisotopic (exact) mass is 277 g/mol. The third-order valence-corrected chi connectivity index (χ3v) is 3.78. The fraction of sp³-hybridized carbons (Fsp3) is 0.688. The molecule has 1 saturated heterocycles. The number of aryl methyl sites for hydroxylation is 1. The van der Waals surface area contributed by atoms with Gasteiger partial charge in [0.2, 0.25) is 0 Å². The Bertz CT molecular complexity index is 414. The number of pyridine rings is 1. The molecule has 0 saturated carbocycles. The van der Waals surface area contributed by atoms with Crippen LogP contribution >= 0.6 is 0 Å². The Balaban J connectivity index is 1.99. The van der Waals surface area contributed by atoms with Crippen molar-refractivity contribution < 1.29 is 4.74 Å². The Morgan fingerprint density at radius 1 is 1.40 bits per heavy atom. The minimum atomic E-state index is 0.345. The van der Waals surface area contributed by atoms with Gasteiger partial charge in [0.25, 0.3) is 0 Å². The van der Waals surface area contributed by atoms with E-state index < -0.39 is 0 Å². The fourth-order valence-electron chi connectivity index (χ4n) is 2.49. The lowest BCUT2D eigenvalue weighted by Crippen LogP contribution is -2.35. The highest BCUT2D eigenvalue weighted by atomic mass is 16.5. The summed E-state index contributed by atoms with van der Waals surface area (Å²) in [6, 6.07) is 2.07. The second-order valence-electron chi connectivity index (χ2n) is 5.73. The average molecular weight is 277 g/mol. The number of nitrogens with zero attached hydrogens (tertiary/aromatic N) is 2. The molecule has 0 aromatic carbocycles. The number of nitrogens with one attached hydrogen (secondary N) is 1. The lowest BCUT2D eigenvalue weighted by molar-refractivity contribution is 0.113. The third-order valence-electron chi connectivity index (χ3n) is 3.78. The number of piperidine rings is 1. The van der Waals surface area contributed by atoms with Gasteiger partial charge in [-0.25, -0.2) is 0 Å².